The van der Waals surface area contributed by atoms with Gasteiger partial charge in [-0.2, -0.15) is 0 Å². The van der Waals surface area contributed by atoms with Gasteiger partial charge in [-0.3, -0.25) is 9.59 Å². The lowest BCUT2D eigenvalue weighted by Gasteiger charge is -2.42. The van der Waals surface area contributed by atoms with Crippen molar-refractivity contribution in [2.75, 3.05) is 11.4 Å². The van der Waals surface area contributed by atoms with E-state index in [0.29, 0.717) is 19.4 Å². The Labute approximate surface area is 168 Å². The zero-order chi connectivity index (χ0) is 21.0. The second kappa shape index (κ2) is 9.67. The molecule has 3 N–H and O–H groups in total. The van der Waals surface area contributed by atoms with Crippen molar-refractivity contribution in [1.29, 1.82) is 0 Å². The minimum atomic E-state index is -1.69. The maximum Gasteiger partial charge on any atom is 0.475 e. The van der Waals surface area contributed by atoms with E-state index >= 15 is 0 Å². The molecule has 2 rings (SSSR count). The van der Waals surface area contributed by atoms with Crippen LogP contribution in [0.4, 0.5) is 14.5 Å². The Morgan fingerprint density at radius 3 is 2.36 bits per heavy atom. The number of hydrogen-bond acceptors (Lipinski definition) is 5. The smallest absolute Gasteiger partial charge is 0.426 e. The number of nitrogens with zero attached hydrogens (tertiary/aromatic N) is 1. The fourth-order valence-electron chi connectivity index (χ4n) is 3.24. The molecule has 1 aliphatic heterocycles. The second-order valence-electron chi connectivity index (χ2n) is 7.40. The van der Waals surface area contributed by atoms with Crippen molar-refractivity contribution in [2.24, 2.45) is 5.92 Å². The quantitative estimate of drug-likeness (QED) is 0.536. The van der Waals surface area contributed by atoms with E-state index < -0.39 is 36.6 Å². The number of Topliss-reactive ketones (excluding diaryl/α,β-unsaturated/α-hetero) is 1. The molecular formula is C18H24BClF2N2O4. The highest BCUT2D eigenvalue weighted by atomic mass is 35.5. The molecule has 1 fully saturated rings. The first-order chi connectivity index (χ1) is 13.1. The number of nitrogens with one attached hydrogen (secondary N) is 1. The standard InChI is InChI=1S/C18H24BClF2N2O4/c1-10(2)7-16(19(27)28)23-17(26)4-3-15(25)14-5-6-24(14)18-12(21)8-11(20)9-13(18)22/h8-10,14,16,27-28H,3-7H2,1-2H3,(H,23,26)/t14-,16?/m0/s1. The molecule has 2 atom stereocenters. The van der Waals surface area contributed by atoms with Crippen molar-refractivity contribution in [3.8, 4) is 0 Å². The molecule has 1 heterocycles. The number of carbonyl (C=O) groups is 2. The maximum absolute atomic E-state index is 14.1. The van der Waals surface area contributed by atoms with E-state index in [1.54, 1.807) is 0 Å². The average Bonchev–Trinajstić information content (AvgIpc) is 2.53. The molecule has 154 valence electrons. The normalized spacial score (nSPS) is 17.3. The van der Waals surface area contributed by atoms with E-state index in [1.165, 1.54) is 4.90 Å². The minimum Gasteiger partial charge on any atom is -0.426 e. The van der Waals surface area contributed by atoms with Crippen molar-refractivity contribution < 1.29 is 28.4 Å². The molecule has 10 heteroatoms. The van der Waals surface area contributed by atoms with Crippen LogP contribution >= 0.6 is 11.6 Å². The summed E-state index contributed by atoms with van der Waals surface area (Å²) < 4.78 is 28.1. The van der Waals surface area contributed by atoms with Crippen molar-refractivity contribution in [1.82, 2.24) is 5.32 Å². The molecule has 0 aromatic heterocycles. The number of amides is 1. The third kappa shape index (κ3) is 5.65. The predicted octanol–water partition coefficient (Wildman–Crippen LogP) is 2.09. The molecule has 0 saturated carbocycles. The Morgan fingerprint density at radius 2 is 1.89 bits per heavy atom. The molecule has 0 bridgehead atoms. The SMILES string of the molecule is CC(C)CC(NC(=O)CCC(=O)[C@@H]1CCN1c1c(F)cc(Cl)cc1F)B(O)O. The van der Waals surface area contributed by atoms with Crippen molar-refractivity contribution in [3.63, 3.8) is 0 Å². The third-order valence-electron chi connectivity index (χ3n) is 4.69. The van der Waals surface area contributed by atoms with Crippen LogP contribution in [0.1, 0.15) is 39.5 Å². The third-order valence-corrected chi connectivity index (χ3v) is 4.91. The number of rotatable bonds is 9. The molecule has 6 nitrogen and oxygen atoms in total. The number of halogens is 3. The number of carbonyl (C=O) groups excluding carboxylic acids is 2. The monoisotopic (exact) mass is 416 g/mol. The second-order valence-corrected chi connectivity index (χ2v) is 7.84. The molecule has 1 aliphatic rings. The van der Waals surface area contributed by atoms with Crippen LogP contribution in [0.25, 0.3) is 0 Å². The van der Waals surface area contributed by atoms with E-state index in [-0.39, 0.29) is 35.3 Å². The van der Waals surface area contributed by atoms with Crippen LogP contribution in [0.15, 0.2) is 12.1 Å². The summed E-state index contributed by atoms with van der Waals surface area (Å²) in [6, 6.07) is 1.28. The Bertz CT molecular complexity index is 713. The van der Waals surface area contributed by atoms with Crippen LogP contribution in [0.2, 0.25) is 5.02 Å². The molecule has 0 radical (unpaired) electrons. The van der Waals surface area contributed by atoms with Gasteiger partial charge in [0.05, 0.1) is 12.0 Å². The number of anilines is 1. The largest absolute Gasteiger partial charge is 0.475 e. The topological polar surface area (TPSA) is 89.9 Å². The summed E-state index contributed by atoms with van der Waals surface area (Å²) in [7, 11) is -1.69. The molecule has 1 amide bonds. The molecule has 28 heavy (non-hydrogen) atoms. The van der Waals surface area contributed by atoms with Gasteiger partial charge in [0.15, 0.2) is 17.4 Å². The lowest BCUT2D eigenvalue weighted by molar-refractivity contribution is -0.126. The van der Waals surface area contributed by atoms with Gasteiger partial charge in [-0.15, -0.1) is 0 Å². The highest BCUT2D eigenvalue weighted by Gasteiger charge is 2.37. The van der Waals surface area contributed by atoms with Gasteiger partial charge in [-0.1, -0.05) is 25.4 Å². The fraction of sp³-hybridized carbons (Fsp3) is 0.556. The Morgan fingerprint density at radius 1 is 1.29 bits per heavy atom. The van der Waals surface area contributed by atoms with E-state index in [4.69, 9.17) is 11.6 Å². The first-order valence-corrected chi connectivity index (χ1v) is 9.57. The zero-order valence-corrected chi connectivity index (χ0v) is 16.5. The zero-order valence-electron chi connectivity index (χ0n) is 15.8. The fourth-order valence-corrected chi connectivity index (χ4v) is 3.44. The number of benzene rings is 1. The van der Waals surface area contributed by atoms with Crippen molar-refractivity contribution >= 4 is 36.1 Å². The van der Waals surface area contributed by atoms with Gasteiger partial charge in [-0.25, -0.2) is 8.78 Å². The highest BCUT2D eigenvalue weighted by molar-refractivity contribution is 6.43. The minimum absolute atomic E-state index is 0.0687. The van der Waals surface area contributed by atoms with Crippen LogP contribution in [-0.2, 0) is 9.59 Å². The van der Waals surface area contributed by atoms with E-state index in [1.807, 2.05) is 13.8 Å². The molecular weight excluding hydrogens is 392 g/mol. The molecule has 1 saturated heterocycles. The number of ketones is 1. The first kappa shape index (κ1) is 22.6. The lowest BCUT2D eigenvalue weighted by Crippen LogP contribution is -2.53. The van der Waals surface area contributed by atoms with Crippen LogP contribution in [-0.4, -0.2) is 47.4 Å². The van der Waals surface area contributed by atoms with Gasteiger partial charge in [0, 0.05) is 24.4 Å². The molecule has 0 spiro atoms. The van der Waals surface area contributed by atoms with Gasteiger partial charge in [0.2, 0.25) is 5.91 Å². The predicted molar refractivity (Wildman–Crippen MR) is 103 cm³/mol. The van der Waals surface area contributed by atoms with Gasteiger partial charge in [0.1, 0.15) is 5.69 Å². The molecule has 0 aliphatic carbocycles. The van der Waals surface area contributed by atoms with E-state index in [9.17, 15) is 28.4 Å². The summed E-state index contributed by atoms with van der Waals surface area (Å²) in [6.07, 6.45) is 0.561. The van der Waals surface area contributed by atoms with Gasteiger partial charge in [0.25, 0.3) is 0 Å². The van der Waals surface area contributed by atoms with E-state index in [2.05, 4.69) is 5.32 Å². The highest BCUT2D eigenvalue weighted by Crippen LogP contribution is 2.34. The Balaban J connectivity index is 1.92. The maximum atomic E-state index is 14.1. The summed E-state index contributed by atoms with van der Waals surface area (Å²) in [6.45, 7) is 4.09. The van der Waals surface area contributed by atoms with E-state index in [0.717, 1.165) is 12.1 Å². The summed E-state index contributed by atoms with van der Waals surface area (Å²) in [5.41, 5.74) is -0.293. The summed E-state index contributed by atoms with van der Waals surface area (Å²) >= 11 is 5.62. The van der Waals surface area contributed by atoms with Gasteiger partial charge in [-0.05, 0) is 30.9 Å². The van der Waals surface area contributed by atoms with Crippen LogP contribution in [0.5, 0.6) is 0 Å². The Kier molecular flexibility index (Phi) is 7.80. The van der Waals surface area contributed by atoms with Crippen LogP contribution in [0.3, 0.4) is 0 Å². The summed E-state index contributed by atoms with van der Waals surface area (Å²) in [4.78, 5) is 25.8. The average molecular weight is 417 g/mol. The first-order valence-electron chi connectivity index (χ1n) is 9.19. The van der Waals surface area contributed by atoms with Gasteiger partial charge < -0.3 is 20.3 Å². The van der Waals surface area contributed by atoms with Crippen molar-refractivity contribution in [2.45, 2.75) is 51.5 Å². The molecule has 1 aromatic rings. The number of hydrogen-bond donors (Lipinski definition) is 3. The molecule has 1 aromatic carbocycles. The summed E-state index contributed by atoms with van der Waals surface area (Å²) in [5.74, 6) is -3.15. The molecule has 1 unspecified atom stereocenters. The van der Waals surface area contributed by atoms with Crippen LogP contribution < -0.4 is 10.2 Å². The summed E-state index contributed by atoms with van der Waals surface area (Å²) in [5, 5.41) is 21.1. The van der Waals surface area contributed by atoms with Crippen molar-refractivity contribution in [3.05, 3.63) is 28.8 Å². The Hall–Kier alpha value is -1.71. The van der Waals surface area contributed by atoms with Gasteiger partial charge >= 0.3 is 7.12 Å². The van der Waals surface area contributed by atoms with Crippen LogP contribution in [0, 0.1) is 17.6 Å². The lowest BCUT2D eigenvalue weighted by atomic mass is 9.75.